The van der Waals surface area contributed by atoms with Crippen molar-refractivity contribution in [2.24, 2.45) is 0 Å². The molecule has 232 valence electrons. The number of para-hydroxylation sites is 4. The van der Waals surface area contributed by atoms with Gasteiger partial charge in [0.15, 0.2) is 0 Å². The Kier molecular flexibility index (Phi) is 9.40. The zero-order valence-corrected chi connectivity index (χ0v) is 27.7. The van der Waals surface area contributed by atoms with Crippen molar-refractivity contribution in [2.75, 3.05) is 9.80 Å². The Morgan fingerprint density at radius 3 is 1.08 bits per heavy atom. The van der Waals surface area contributed by atoms with Gasteiger partial charge in [0.1, 0.15) is 0 Å². The van der Waals surface area contributed by atoms with Gasteiger partial charge >= 0.3 is 0 Å². The highest BCUT2D eigenvalue weighted by Crippen LogP contribution is 2.36. The van der Waals surface area contributed by atoms with Gasteiger partial charge in [-0.15, -0.1) is 11.3 Å². The molecule has 48 heavy (non-hydrogen) atoms. The molecule has 0 atom stereocenters. The highest BCUT2D eigenvalue weighted by atomic mass is 32.1. The standard InChI is InChI=1S/C45H36N2S/c1-35-34-44(32-26-36-22-28-42(29-23-36)46(38-14-6-2-7-15-38)39-16-8-3-9-17-39)48-45(35)33-27-37-24-30-43(31-25-37)47(40-18-10-4-11-19-40)41-20-12-5-13-21-41/h2-34H,1H3/b32-26+,33-27+. The van der Waals surface area contributed by atoms with Crippen LogP contribution in [0.2, 0.25) is 0 Å². The van der Waals surface area contributed by atoms with E-state index in [-0.39, 0.29) is 0 Å². The van der Waals surface area contributed by atoms with Crippen LogP contribution < -0.4 is 9.80 Å². The second-order valence-corrected chi connectivity index (χ2v) is 12.7. The molecule has 7 aromatic rings. The number of thiophene rings is 1. The topological polar surface area (TPSA) is 6.48 Å². The van der Waals surface area contributed by atoms with Crippen molar-refractivity contribution in [3.05, 3.63) is 202 Å². The number of hydrogen-bond acceptors (Lipinski definition) is 3. The number of benzene rings is 6. The second kappa shape index (κ2) is 14.7. The second-order valence-electron chi connectivity index (χ2n) is 11.6. The molecule has 0 amide bonds. The Hall–Kier alpha value is -5.90. The van der Waals surface area contributed by atoms with E-state index < -0.39 is 0 Å². The van der Waals surface area contributed by atoms with Gasteiger partial charge in [0.2, 0.25) is 0 Å². The van der Waals surface area contributed by atoms with Crippen LogP contribution in [0.15, 0.2) is 176 Å². The Morgan fingerprint density at radius 1 is 0.375 bits per heavy atom. The molecule has 0 fully saturated rings. The largest absolute Gasteiger partial charge is 0.311 e. The molecular weight excluding hydrogens is 601 g/mol. The van der Waals surface area contributed by atoms with Gasteiger partial charge in [0.05, 0.1) is 0 Å². The summed E-state index contributed by atoms with van der Waals surface area (Å²) in [5.41, 5.74) is 10.4. The minimum atomic E-state index is 1.13. The summed E-state index contributed by atoms with van der Waals surface area (Å²) >= 11 is 1.81. The molecule has 0 radical (unpaired) electrons. The molecule has 0 saturated heterocycles. The lowest BCUT2D eigenvalue weighted by molar-refractivity contribution is 1.28. The molecule has 0 saturated carbocycles. The lowest BCUT2D eigenvalue weighted by atomic mass is 10.1. The zero-order valence-electron chi connectivity index (χ0n) is 26.9. The lowest BCUT2D eigenvalue weighted by Gasteiger charge is -2.25. The van der Waals surface area contributed by atoms with Gasteiger partial charge in [-0.1, -0.05) is 109 Å². The molecule has 6 aromatic carbocycles. The maximum Gasteiger partial charge on any atom is 0.0462 e. The average molecular weight is 637 g/mol. The van der Waals surface area contributed by atoms with E-state index in [2.05, 4.69) is 217 Å². The van der Waals surface area contributed by atoms with Crippen LogP contribution in [0.1, 0.15) is 26.4 Å². The molecule has 7 rings (SSSR count). The van der Waals surface area contributed by atoms with E-state index in [1.54, 1.807) is 0 Å². The van der Waals surface area contributed by atoms with E-state index >= 15 is 0 Å². The highest BCUT2D eigenvalue weighted by Gasteiger charge is 2.13. The van der Waals surface area contributed by atoms with E-state index in [4.69, 9.17) is 0 Å². The summed E-state index contributed by atoms with van der Waals surface area (Å²) in [5.74, 6) is 0. The third kappa shape index (κ3) is 7.23. The predicted octanol–water partition coefficient (Wildman–Crippen LogP) is 13.3. The quantitative estimate of drug-likeness (QED) is 0.147. The maximum atomic E-state index is 2.28. The monoisotopic (exact) mass is 636 g/mol. The van der Waals surface area contributed by atoms with Crippen LogP contribution in [0.5, 0.6) is 0 Å². The summed E-state index contributed by atoms with van der Waals surface area (Å²) in [4.78, 5) is 7.07. The first kappa shape index (κ1) is 30.7. The Bertz CT molecular complexity index is 2020. The first-order valence-electron chi connectivity index (χ1n) is 16.2. The van der Waals surface area contributed by atoms with Crippen LogP contribution in [0.25, 0.3) is 24.3 Å². The molecule has 0 unspecified atom stereocenters. The van der Waals surface area contributed by atoms with E-state index in [0.29, 0.717) is 0 Å². The lowest BCUT2D eigenvalue weighted by Crippen LogP contribution is -2.09. The van der Waals surface area contributed by atoms with Crippen molar-refractivity contribution in [1.29, 1.82) is 0 Å². The molecule has 0 aliphatic carbocycles. The fraction of sp³-hybridized carbons (Fsp3) is 0.0222. The molecule has 0 aliphatic heterocycles. The molecule has 0 spiro atoms. The summed E-state index contributed by atoms with van der Waals surface area (Å²) in [6.45, 7) is 2.19. The number of hydrogen-bond donors (Lipinski definition) is 0. The number of aryl methyl sites for hydroxylation is 1. The van der Waals surface area contributed by atoms with Crippen molar-refractivity contribution in [3.8, 4) is 0 Å². The van der Waals surface area contributed by atoms with Gasteiger partial charge < -0.3 is 9.80 Å². The van der Waals surface area contributed by atoms with Crippen molar-refractivity contribution in [1.82, 2.24) is 0 Å². The molecule has 2 nitrogen and oxygen atoms in total. The van der Waals surface area contributed by atoms with E-state index in [1.165, 1.54) is 26.4 Å². The van der Waals surface area contributed by atoms with Crippen LogP contribution >= 0.6 is 11.3 Å². The maximum absolute atomic E-state index is 2.28. The van der Waals surface area contributed by atoms with Gasteiger partial charge in [-0.2, -0.15) is 0 Å². The van der Waals surface area contributed by atoms with Gasteiger partial charge in [-0.3, -0.25) is 0 Å². The molecule has 0 N–H and O–H groups in total. The van der Waals surface area contributed by atoms with Crippen molar-refractivity contribution < 1.29 is 0 Å². The van der Waals surface area contributed by atoms with Crippen LogP contribution in [-0.4, -0.2) is 0 Å². The minimum Gasteiger partial charge on any atom is -0.311 e. The number of nitrogens with zero attached hydrogens (tertiary/aromatic N) is 2. The van der Waals surface area contributed by atoms with Crippen LogP contribution in [-0.2, 0) is 0 Å². The van der Waals surface area contributed by atoms with E-state index in [9.17, 15) is 0 Å². The van der Waals surface area contributed by atoms with Crippen molar-refractivity contribution in [3.63, 3.8) is 0 Å². The van der Waals surface area contributed by atoms with Gasteiger partial charge in [-0.05, 0) is 115 Å². The average Bonchev–Trinajstić information content (AvgIpc) is 3.52. The fourth-order valence-corrected chi connectivity index (χ4v) is 6.77. The molecule has 1 aromatic heterocycles. The summed E-state index contributed by atoms with van der Waals surface area (Å²) in [6.07, 6.45) is 8.85. The predicted molar refractivity (Wildman–Crippen MR) is 209 cm³/mol. The smallest absolute Gasteiger partial charge is 0.0462 e. The fourth-order valence-electron chi connectivity index (χ4n) is 5.79. The SMILES string of the molecule is Cc1cc(/C=C/c2ccc(N(c3ccccc3)c3ccccc3)cc2)sc1/C=C/c1ccc(N(c2ccccc2)c2ccccc2)cc1. The summed E-state index contributed by atoms with van der Waals surface area (Å²) in [6, 6.07) is 61.8. The normalized spacial score (nSPS) is 11.3. The third-order valence-corrected chi connectivity index (χ3v) is 9.37. The highest BCUT2D eigenvalue weighted by molar-refractivity contribution is 7.14. The first-order chi connectivity index (χ1) is 23.7. The summed E-state index contributed by atoms with van der Waals surface area (Å²) in [7, 11) is 0. The van der Waals surface area contributed by atoms with Crippen molar-refractivity contribution >= 4 is 69.8 Å². The molecular formula is C45H36N2S. The minimum absolute atomic E-state index is 1.13. The summed E-state index contributed by atoms with van der Waals surface area (Å²) in [5, 5.41) is 0. The Labute approximate surface area is 287 Å². The summed E-state index contributed by atoms with van der Waals surface area (Å²) < 4.78 is 0. The number of anilines is 6. The molecule has 0 bridgehead atoms. The van der Waals surface area contributed by atoms with E-state index in [0.717, 1.165) is 34.1 Å². The molecule has 3 heteroatoms. The Balaban J connectivity index is 1.05. The first-order valence-corrected chi connectivity index (χ1v) is 17.0. The van der Waals surface area contributed by atoms with Gasteiger partial charge in [-0.25, -0.2) is 0 Å². The van der Waals surface area contributed by atoms with Gasteiger partial charge in [0, 0.05) is 43.9 Å². The Morgan fingerprint density at radius 2 is 0.708 bits per heavy atom. The number of rotatable bonds is 10. The van der Waals surface area contributed by atoms with Crippen molar-refractivity contribution in [2.45, 2.75) is 6.92 Å². The zero-order chi connectivity index (χ0) is 32.5. The molecule has 0 aliphatic rings. The van der Waals surface area contributed by atoms with E-state index in [1.807, 2.05) is 11.3 Å². The molecule has 1 heterocycles. The van der Waals surface area contributed by atoms with Crippen LogP contribution in [0.4, 0.5) is 34.1 Å². The van der Waals surface area contributed by atoms with Gasteiger partial charge in [0.25, 0.3) is 0 Å². The van der Waals surface area contributed by atoms with Crippen LogP contribution in [0, 0.1) is 6.92 Å². The van der Waals surface area contributed by atoms with Crippen LogP contribution in [0.3, 0.4) is 0 Å². The third-order valence-electron chi connectivity index (χ3n) is 8.20.